The summed E-state index contributed by atoms with van der Waals surface area (Å²) in [6.45, 7) is 3.03. The highest BCUT2D eigenvalue weighted by Crippen LogP contribution is 2.12. The zero-order valence-electron chi connectivity index (χ0n) is 14.7. The van der Waals surface area contributed by atoms with Crippen LogP contribution in [0.3, 0.4) is 0 Å². The van der Waals surface area contributed by atoms with Crippen molar-refractivity contribution in [3.8, 4) is 5.75 Å². The third kappa shape index (κ3) is 7.61. The molecule has 26 heavy (non-hydrogen) atoms. The molecule has 1 atom stereocenters. The Morgan fingerprint density at radius 1 is 1.04 bits per heavy atom. The zero-order valence-corrected chi connectivity index (χ0v) is 14.7. The number of ether oxygens (including phenoxy) is 4. The number of hydrogen-bond acceptors (Lipinski definition) is 8. The second-order valence-corrected chi connectivity index (χ2v) is 4.98. The summed E-state index contributed by atoms with van der Waals surface area (Å²) in [6.07, 6.45) is 0.257. The lowest BCUT2D eigenvalue weighted by atomic mass is 10.1. The van der Waals surface area contributed by atoms with Crippen LogP contribution in [0.4, 0.5) is 0 Å². The molecule has 0 spiro atoms. The molecule has 1 unspecified atom stereocenters. The smallest absolute Gasteiger partial charge is 0.354 e. The van der Waals surface area contributed by atoms with Crippen LogP contribution in [0.15, 0.2) is 36.4 Å². The van der Waals surface area contributed by atoms with Crippen LogP contribution in [-0.4, -0.2) is 43.7 Å². The molecule has 1 aromatic carbocycles. The predicted octanol–water partition coefficient (Wildman–Crippen LogP) is 1.36. The van der Waals surface area contributed by atoms with E-state index in [0.717, 1.165) is 12.2 Å². The first-order valence-corrected chi connectivity index (χ1v) is 7.78. The van der Waals surface area contributed by atoms with Gasteiger partial charge in [-0.05, 0) is 31.5 Å². The van der Waals surface area contributed by atoms with Crippen molar-refractivity contribution >= 4 is 23.9 Å². The van der Waals surface area contributed by atoms with Gasteiger partial charge in [0, 0.05) is 12.2 Å². The van der Waals surface area contributed by atoms with Gasteiger partial charge in [0.25, 0.3) is 0 Å². The Morgan fingerprint density at radius 3 is 2.23 bits per heavy atom. The van der Waals surface area contributed by atoms with Crippen molar-refractivity contribution in [1.29, 1.82) is 0 Å². The SMILES string of the molecule is CCOC(=O)/C=C\C(=O)OC(C)C(=O)OC(=O)Cc1ccc(OC)cc1. The van der Waals surface area contributed by atoms with Crippen molar-refractivity contribution < 1.29 is 38.1 Å². The molecule has 0 saturated carbocycles. The van der Waals surface area contributed by atoms with E-state index in [1.807, 2.05) is 0 Å². The Hall–Kier alpha value is -3.16. The Kier molecular flexibility index (Phi) is 8.56. The van der Waals surface area contributed by atoms with Crippen LogP contribution in [0.5, 0.6) is 5.75 Å². The molecule has 0 N–H and O–H groups in total. The Balaban J connectivity index is 2.46. The van der Waals surface area contributed by atoms with E-state index in [9.17, 15) is 19.2 Å². The number of benzene rings is 1. The number of hydrogen-bond donors (Lipinski definition) is 0. The summed E-state index contributed by atoms with van der Waals surface area (Å²) >= 11 is 0. The fourth-order valence-corrected chi connectivity index (χ4v) is 1.73. The van der Waals surface area contributed by atoms with Gasteiger partial charge < -0.3 is 18.9 Å². The first-order chi connectivity index (χ1) is 12.3. The molecule has 140 valence electrons. The largest absolute Gasteiger partial charge is 0.497 e. The van der Waals surface area contributed by atoms with Gasteiger partial charge in [0.1, 0.15) is 5.75 Å². The molecule has 0 aliphatic carbocycles. The molecule has 0 saturated heterocycles. The summed E-state index contributed by atoms with van der Waals surface area (Å²) in [5.74, 6) is -2.82. The second kappa shape index (κ2) is 10.7. The van der Waals surface area contributed by atoms with E-state index in [1.165, 1.54) is 14.0 Å². The van der Waals surface area contributed by atoms with E-state index >= 15 is 0 Å². The summed E-state index contributed by atoms with van der Waals surface area (Å²) in [5, 5.41) is 0. The second-order valence-electron chi connectivity index (χ2n) is 4.98. The van der Waals surface area contributed by atoms with E-state index in [1.54, 1.807) is 31.2 Å². The summed E-state index contributed by atoms with van der Waals surface area (Å²) in [7, 11) is 1.52. The van der Waals surface area contributed by atoms with Crippen LogP contribution in [0.25, 0.3) is 0 Å². The molecule has 0 aliphatic rings. The maximum absolute atomic E-state index is 11.8. The van der Waals surface area contributed by atoms with E-state index in [2.05, 4.69) is 9.47 Å². The fourth-order valence-electron chi connectivity index (χ4n) is 1.73. The third-order valence-electron chi connectivity index (χ3n) is 2.99. The minimum absolute atomic E-state index is 0.126. The molecule has 0 amide bonds. The van der Waals surface area contributed by atoms with Gasteiger partial charge in [-0.25, -0.2) is 14.4 Å². The predicted molar refractivity (Wildman–Crippen MR) is 89.1 cm³/mol. The Bertz CT molecular complexity index is 675. The van der Waals surface area contributed by atoms with Crippen LogP contribution < -0.4 is 4.74 Å². The highest BCUT2D eigenvalue weighted by molar-refractivity contribution is 5.94. The van der Waals surface area contributed by atoms with Crippen LogP contribution in [-0.2, 0) is 39.8 Å². The van der Waals surface area contributed by atoms with Crippen molar-refractivity contribution in [2.45, 2.75) is 26.4 Å². The van der Waals surface area contributed by atoms with Crippen LogP contribution in [0.2, 0.25) is 0 Å². The first-order valence-electron chi connectivity index (χ1n) is 7.78. The van der Waals surface area contributed by atoms with Crippen molar-refractivity contribution in [2.75, 3.05) is 13.7 Å². The number of rotatable bonds is 8. The maximum Gasteiger partial charge on any atom is 0.354 e. The topological polar surface area (TPSA) is 105 Å². The molecule has 0 radical (unpaired) electrons. The molecule has 0 aliphatic heterocycles. The minimum Gasteiger partial charge on any atom is -0.497 e. The van der Waals surface area contributed by atoms with Gasteiger partial charge in [-0.1, -0.05) is 12.1 Å². The van der Waals surface area contributed by atoms with Crippen molar-refractivity contribution in [1.82, 2.24) is 0 Å². The van der Waals surface area contributed by atoms with Gasteiger partial charge in [-0.2, -0.15) is 0 Å². The van der Waals surface area contributed by atoms with Gasteiger partial charge in [-0.3, -0.25) is 4.79 Å². The van der Waals surface area contributed by atoms with Gasteiger partial charge in [0.2, 0.25) is 0 Å². The fraction of sp³-hybridized carbons (Fsp3) is 0.333. The number of carbonyl (C=O) groups is 4. The standard InChI is InChI=1S/C18H20O8/c1-4-24-15(19)9-10-16(20)25-12(2)18(22)26-17(21)11-13-5-7-14(23-3)8-6-13/h5-10,12H,4,11H2,1-3H3/b10-9-. The van der Waals surface area contributed by atoms with Crippen LogP contribution in [0, 0.1) is 0 Å². The Labute approximate surface area is 150 Å². The highest BCUT2D eigenvalue weighted by Gasteiger charge is 2.21. The molecule has 1 aromatic rings. The van der Waals surface area contributed by atoms with E-state index < -0.39 is 30.0 Å². The Morgan fingerprint density at radius 2 is 1.65 bits per heavy atom. The zero-order chi connectivity index (χ0) is 19.5. The molecule has 0 bridgehead atoms. The number of methoxy groups -OCH3 is 1. The van der Waals surface area contributed by atoms with Crippen LogP contribution in [0.1, 0.15) is 19.4 Å². The maximum atomic E-state index is 11.8. The van der Waals surface area contributed by atoms with Crippen molar-refractivity contribution in [3.05, 3.63) is 42.0 Å². The lowest BCUT2D eigenvalue weighted by Gasteiger charge is -2.10. The highest BCUT2D eigenvalue weighted by atomic mass is 16.6. The van der Waals surface area contributed by atoms with Crippen LogP contribution >= 0.6 is 0 Å². The molecular weight excluding hydrogens is 344 g/mol. The normalized spacial score (nSPS) is 11.5. The van der Waals surface area contributed by atoms with Gasteiger partial charge in [0.15, 0.2) is 6.10 Å². The van der Waals surface area contributed by atoms with E-state index in [4.69, 9.17) is 9.47 Å². The van der Waals surface area contributed by atoms with Crippen molar-refractivity contribution in [2.24, 2.45) is 0 Å². The summed E-state index contributed by atoms with van der Waals surface area (Å²) in [5.41, 5.74) is 0.630. The van der Waals surface area contributed by atoms with Gasteiger partial charge >= 0.3 is 23.9 Å². The van der Waals surface area contributed by atoms with Gasteiger partial charge in [0.05, 0.1) is 20.1 Å². The van der Waals surface area contributed by atoms with Crippen molar-refractivity contribution in [3.63, 3.8) is 0 Å². The molecule has 8 nitrogen and oxygen atoms in total. The molecule has 0 fully saturated rings. The third-order valence-corrected chi connectivity index (χ3v) is 2.99. The monoisotopic (exact) mass is 364 g/mol. The quantitative estimate of drug-likeness (QED) is 0.295. The molecule has 0 heterocycles. The summed E-state index contributed by atoms with van der Waals surface area (Å²) in [6, 6.07) is 6.66. The number of esters is 4. The molecule has 8 heteroatoms. The minimum atomic E-state index is -1.31. The lowest BCUT2D eigenvalue weighted by Crippen LogP contribution is -2.28. The van der Waals surface area contributed by atoms with E-state index in [0.29, 0.717) is 11.3 Å². The lowest BCUT2D eigenvalue weighted by molar-refractivity contribution is -0.171. The molecule has 1 rings (SSSR count). The van der Waals surface area contributed by atoms with E-state index in [-0.39, 0.29) is 13.0 Å². The summed E-state index contributed by atoms with van der Waals surface area (Å²) < 4.78 is 19.0. The average Bonchev–Trinajstić information content (AvgIpc) is 2.60. The molecular formula is C18H20O8. The average molecular weight is 364 g/mol. The first kappa shape index (κ1) is 20.9. The van der Waals surface area contributed by atoms with Gasteiger partial charge in [-0.15, -0.1) is 0 Å². The number of carbonyl (C=O) groups excluding carboxylic acids is 4. The molecule has 0 aromatic heterocycles. The summed E-state index contributed by atoms with van der Waals surface area (Å²) in [4.78, 5) is 46.1.